The molecule has 186 valence electrons. The van der Waals surface area contributed by atoms with E-state index in [1.165, 1.54) is 7.11 Å². The van der Waals surface area contributed by atoms with E-state index in [-0.39, 0.29) is 24.1 Å². The van der Waals surface area contributed by atoms with E-state index in [0.717, 1.165) is 25.6 Å². The lowest BCUT2D eigenvalue weighted by Crippen LogP contribution is -2.36. The van der Waals surface area contributed by atoms with E-state index < -0.39 is 0 Å². The van der Waals surface area contributed by atoms with E-state index in [4.69, 9.17) is 14.2 Å². The Bertz CT molecular complexity index is 1170. The maximum absolute atomic E-state index is 13.7. The summed E-state index contributed by atoms with van der Waals surface area (Å²) in [6.45, 7) is 2.49. The number of phenols is 1. The number of aromatic hydroxyl groups is 1. The Morgan fingerprint density at radius 1 is 0.886 bits per heavy atom. The zero-order chi connectivity index (χ0) is 25.5. The molecule has 1 amide bonds. The molecule has 8 heteroatoms. The molecule has 0 aliphatic rings. The highest BCUT2D eigenvalue weighted by atomic mass is 79.9. The first-order chi connectivity index (χ1) is 16.8. The number of methoxy groups -OCH3 is 3. The van der Waals surface area contributed by atoms with Gasteiger partial charge in [-0.1, -0.05) is 62.2 Å². The molecule has 0 aromatic heterocycles. The molecule has 0 bridgehead atoms. The van der Waals surface area contributed by atoms with Crippen molar-refractivity contribution in [2.45, 2.75) is 25.8 Å². The third kappa shape index (κ3) is 6.49. The lowest BCUT2D eigenvalue weighted by atomic mass is 10.0. The molecule has 0 aliphatic heterocycles. The van der Waals surface area contributed by atoms with Crippen LogP contribution in [0.25, 0.3) is 0 Å². The van der Waals surface area contributed by atoms with Crippen LogP contribution >= 0.6 is 31.9 Å². The fourth-order valence-electron chi connectivity index (χ4n) is 3.92. The van der Waals surface area contributed by atoms with Gasteiger partial charge in [0.1, 0.15) is 0 Å². The van der Waals surface area contributed by atoms with Crippen LogP contribution in [0.1, 0.15) is 29.7 Å². The van der Waals surface area contributed by atoms with Crippen molar-refractivity contribution in [2.75, 3.05) is 27.9 Å². The topological polar surface area (TPSA) is 68.2 Å². The minimum Gasteiger partial charge on any atom is -0.504 e. The summed E-state index contributed by atoms with van der Waals surface area (Å²) in [7, 11) is 4.66. The van der Waals surface area contributed by atoms with Gasteiger partial charge in [-0.2, -0.15) is 0 Å². The summed E-state index contributed by atoms with van der Waals surface area (Å²) in [5.41, 5.74) is 2.73. The fraction of sp³-hybridized carbons (Fsp3) is 0.296. The predicted octanol–water partition coefficient (Wildman–Crippen LogP) is 6.32. The first-order valence-electron chi connectivity index (χ1n) is 11.1. The van der Waals surface area contributed by atoms with Crippen molar-refractivity contribution in [2.24, 2.45) is 0 Å². The second-order valence-electron chi connectivity index (χ2n) is 8.01. The van der Waals surface area contributed by atoms with Crippen molar-refractivity contribution in [1.82, 2.24) is 4.90 Å². The molecule has 0 saturated heterocycles. The molecule has 3 aromatic rings. The number of nitrogens with zero attached hydrogens (tertiary/aromatic N) is 1. The number of amides is 1. The largest absolute Gasteiger partial charge is 0.504 e. The Balaban J connectivity index is 1.89. The lowest BCUT2D eigenvalue weighted by Gasteiger charge is -2.30. The molecule has 0 radical (unpaired) electrons. The average molecular weight is 607 g/mol. The van der Waals surface area contributed by atoms with Crippen LogP contribution in [0, 0.1) is 0 Å². The quantitative estimate of drug-likeness (QED) is 0.293. The smallest absolute Gasteiger partial charge is 0.227 e. The van der Waals surface area contributed by atoms with Gasteiger partial charge in [0, 0.05) is 15.5 Å². The zero-order valence-electron chi connectivity index (χ0n) is 20.2. The fourth-order valence-corrected chi connectivity index (χ4v) is 4.91. The molecule has 0 aliphatic carbocycles. The number of hydrogen-bond acceptors (Lipinski definition) is 5. The highest BCUT2D eigenvalue weighted by molar-refractivity contribution is 9.10. The maximum Gasteiger partial charge on any atom is 0.227 e. The molecular formula is C27H29Br2NO5. The van der Waals surface area contributed by atoms with Gasteiger partial charge in [-0.05, 0) is 54.3 Å². The number of phenolic OH excluding ortho intramolecular Hbond substituents is 1. The Kier molecular flexibility index (Phi) is 9.46. The van der Waals surface area contributed by atoms with Crippen molar-refractivity contribution in [3.05, 3.63) is 80.2 Å². The zero-order valence-corrected chi connectivity index (χ0v) is 23.4. The summed E-state index contributed by atoms with van der Waals surface area (Å²) in [5.74, 6) is 1.59. The standard InChI is InChI=1S/C27H29Br2NO5/c1-17(18-8-6-5-7-9-18)30(11-10-19-12-23(31)24(33-2)15-21(19)28)27(32)14-20-13-25(34-3)26(35-4)16-22(20)29/h5-9,12-13,15-17,31H,10-11,14H2,1-4H3. The number of hydrogen-bond donors (Lipinski definition) is 1. The third-order valence-electron chi connectivity index (χ3n) is 5.93. The van der Waals surface area contributed by atoms with E-state index in [9.17, 15) is 9.90 Å². The number of rotatable bonds is 10. The van der Waals surface area contributed by atoms with Gasteiger partial charge >= 0.3 is 0 Å². The molecule has 6 nitrogen and oxygen atoms in total. The van der Waals surface area contributed by atoms with Gasteiger partial charge in [-0.3, -0.25) is 4.79 Å². The van der Waals surface area contributed by atoms with Gasteiger partial charge < -0.3 is 24.2 Å². The normalized spacial score (nSPS) is 11.6. The first-order valence-corrected chi connectivity index (χ1v) is 12.7. The first kappa shape index (κ1) is 26.9. The molecule has 1 unspecified atom stereocenters. The minimum atomic E-state index is -0.145. The Hall–Kier alpha value is -2.71. The Morgan fingerprint density at radius 2 is 1.46 bits per heavy atom. The van der Waals surface area contributed by atoms with Crippen LogP contribution in [0.4, 0.5) is 0 Å². The van der Waals surface area contributed by atoms with Crippen LogP contribution < -0.4 is 14.2 Å². The van der Waals surface area contributed by atoms with Crippen molar-refractivity contribution >= 4 is 37.8 Å². The average Bonchev–Trinajstić information content (AvgIpc) is 2.87. The number of carbonyl (C=O) groups is 1. The summed E-state index contributed by atoms with van der Waals surface area (Å²) in [4.78, 5) is 15.5. The van der Waals surface area contributed by atoms with Crippen LogP contribution in [0.15, 0.2) is 63.5 Å². The highest BCUT2D eigenvalue weighted by Crippen LogP contribution is 2.35. The summed E-state index contributed by atoms with van der Waals surface area (Å²) in [5, 5.41) is 10.2. The second kappa shape index (κ2) is 12.3. The Labute approximate surface area is 223 Å². The van der Waals surface area contributed by atoms with Gasteiger partial charge in [0.05, 0.1) is 33.8 Å². The molecule has 35 heavy (non-hydrogen) atoms. The SMILES string of the molecule is COc1cc(Br)c(CCN(C(=O)Cc2cc(OC)c(OC)cc2Br)C(C)c2ccccc2)cc1O. The van der Waals surface area contributed by atoms with Crippen molar-refractivity contribution in [1.29, 1.82) is 0 Å². The molecule has 0 heterocycles. The molecule has 1 N–H and O–H groups in total. The number of ether oxygens (including phenoxy) is 3. The van der Waals surface area contributed by atoms with Crippen LogP contribution in [0.3, 0.4) is 0 Å². The summed E-state index contributed by atoms with van der Waals surface area (Å²) < 4.78 is 17.6. The van der Waals surface area contributed by atoms with Gasteiger partial charge in [0.15, 0.2) is 23.0 Å². The van der Waals surface area contributed by atoms with Gasteiger partial charge in [0.2, 0.25) is 5.91 Å². The van der Waals surface area contributed by atoms with Crippen molar-refractivity contribution in [3.63, 3.8) is 0 Å². The van der Waals surface area contributed by atoms with E-state index in [1.807, 2.05) is 54.3 Å². The molecular weight excluding hydrogens is 578 g/mol. The summed E-state index contributed by atoms with van der Waals surface area (Å²) >= 11 is 7.12. The molecule has 1 atom stereocenters. The highest BCUT2D eigenvalue weighted by Gasteiger charge is 2.24. The van der Waals surface area contributed by atoms with E-state index >= 15 is 0 Å². The summed E-state index contributed by atoms with van der Waals surface area (Å²) in [6, 6.07) is 16.8. The Morgan fingerprint density at radius 3 is 2.09 bits per heavy atom. The molecule has 0 fully saturated rings. The van der Waals surface area contributed by atoms with E-state index in [1.54, 1.807) is 26.4 Å². The van der Waals surface area contributed by atoms with Crippen LogP contribution in [0.5, 0.6) is 23.0 Å². The molecule has 0 saturated carbocycles. The maximum atomic E-state index is 13.7. The summed E-state index contributed by atoms with van der Waals surface area (Å²) in [6.07, 6.45) is 0.737. The molecule has 0 spiro atoms. The number of carbonyl (C=O) groups excluding carboxylic acids is 1. The van der Waals surface area contributed by atoms with E-state index in [0.29, 0.717) is 30.2 Å². The predicted molar refractivity (Wildman–Crippen MR) is 144 cm³/mol. The second-order valence-corrected chi connectivity index (χ2v) is 9.72. The van der Waals surface area contributed by atoms with Crippen molar-refractivity contribution in [3.8, 4) is 23.0 Å². The van der Waals surface area contributed by atoms with Crippen LogP contribution in [0.2, 0.25) is 0 Å². The number of benzene rings is 3. The monoisotopic (exact) mass is 605 g/mol. The van der Waals surface area contributed by atoms with Gasteiger partial charge in [-0.25, -0.2) is 0 Å². The van der Waals surface area contributed by atoms with E-state index in [2.05, 4.69) is 31.9 Å². The molecule has 3 aromatic carbocycles. The van der Waals surface area contributed by atoms with Crippen molar-refractivity contribution < 1.29 is 24.1 Å². The third-order valence-corrected chi connectivity index (χ3v) is 7.41. The van der Waals surface area contributed by atoms with Gasteiger partial charge in [0.25, 0.3) is 0 Å². The minimum absolute atomic E-state index is 0.0249. The molecule has 3 rings (SSSR count). The number of halogens is 2. The van der Waals surface area contributed by atoms with Gasteiger partial charge in [-0.15, -0.1) is 0 Å². The van der Waals surface area contributed by atoms with Crippen LogP contribution in [-0.2, 0) is 17.6 Å². The lowest BCUT2D eigenvalue weighted by molar-refractivity contribution is -0.132. The van der Waals surface area contributed by atoms with Crippen LogP contribution in [-0.4, -0.2) is 43.8 Å².